The Balaban J connectivity index is 1.48. The van der Waals surface area contributed by atoms with Crippen molar-refractivity contribution in [3.05, 3.63) is 24.4 Å². The molecule has 3 aromatic rings. The van der Waals surface area contributed by atoms with Gasteiger partial charge < -0.3 is 15.4 Å². The number of anilines is 2. The van der Waals surface area contributed by atoms with Crippen molar-refractivity contribution in [1.82, 2.24) is 38.8 Å². The van der Waals surface area contributed by atoms with E-state index in [2.05, 4.69) is 30.0 Å². The summed E-state index contributed by atoms with van der Waals surface area (Å²) in [6.07, 6.45) is 6.43. The van der Waals surface area contributed by atoms with E-state index in [1.54, 1.807) is 12.4 Å². The third-order valence-corrected chi connectivity index (χ3v) is 7.19. The van der Waals surface area contributed by atoms with Gasteiger partial charge in [0.1, 0.15) is 0 Å². The lowest BCUT2D eigenvalue weighted by Crippen LogP contribution is -2.48. The standard InChI is InChI=1S/C19H26N10O3S/c1-33(30,31)28-4-2-26(3-5-28)13-16-24-25-18-17(27-6-8-32-9-7-27)23-15(12-29(16)18)14-10-21-19(20)22-11-14/h10-12H,2-9,13H2,1H3,(H2,20,21,22). The van der Waals surface area contributed by atoms with E-state index < -0.39 is 10.0 Å². The van der Waals surface area contributed by atoms with Gasteiger partial charge in [-0.05, 0) is 0 Å². The highest BCUT2D eigenvalue weighted by atomic mass is 32.2. The third kappa shape index (κ3) is 4.59. The average molecular weight is 475 g/mol. The highest BCUT2D eigenvalue weighted by Gasteiger charge is 2.26. The van der Waals surface area contributed by atoms with Crippen LogP contribution in [-0.4, -0.2) is 106 Å². The van der Waals surface area contributed by atoms with Gasteiger partial charge in [-0.2, -0.15) is 4.31 Å². The Kier molecular flexibility index (Phi) is 5.82. The first-order valence-corrected chi connectivity index (χ1v) is 12.6. The van der Waals surface area contributed by atoms with Crippen molar-refractivity contribution in [2.75, 3.05) is 69.4 Å². The van der Waals surface area contributed by atoms with E-state index in [0.717, 1.165) is 17.2 Å². The van der Waals surface area contributed by atoms with Gasteiger partial charge in [-0.15, -0.1) is 10.2 Å². The smallest absolute Gasteiger partial charge is 0.219 e. The summed E-state index contributed by atoms with van der Waals surface area (Å²) in [6, 6.07) is 0. The molecular weight excluding hydrogens is 448 g/mol. The summed E-state index contributed by atoms with van der Waals surface area (Å²) < 4.78 is 32.6. The maximum atomic E-state index is 11.8. The quantitative estimate of drug-likeness (QED) is 0.489. The van der Waals surface area contributed by atoms with Gasteiger partial charge in [0.25, 0.3) is 0 Å². The van der Waals surface area contributed by atoms with Crippen molar-refractivity contribution < 1.29 is 13.2 Å². The number of sulfonamides is 1. The van der Waals surface area contributed by atoms with Crippen molar-refractivity contribution in [2.45, 2.75) is 6.54 Å². The molecule has 0 saturated carbocycles. The lowest BCUT2D eigenvalue weighted by molar-refractivity contribution is 0.122. The fourth-order valence-electron chi connectivity index (χ4n) is 4.05. The van der Waals surface area contributed by atoms with Gasteiger partial charge in [0.2, 0.25) is 21.6 Å². The number of piperazine rings is 1. The number of nitrogens with two attached hydrogens (primary N) is 1. The fraction of sp³-hybridized carbons (Fsp3) is 0.526. The topological polar surface area (TPSA) is 148 Å². The van der Waals surface area contributed by atoms with Gasteiger partial charge in [0.05, 0.1) is 31.7 Å². The molecule has 0 radical (unpaired) electrons. The molecule has 0 amide bonds. The SMILES string of the molecule is CS(=O)(=O)N1CCN(Cc2nnc3c(N4CCOCC4)nc(-c4cnc(N)nc4)cn23)CC1. The van der Waals surface area contributed by atoms with E-state index in [4.69, 9.17) is 15.5 Å². The van der Waals surface area contributed by atoms with Crippen LogP contribution in [0, 0.1) is 0 Å². The van der Waals surface area contributed by atoms with Gasteiger partial charge in [0.15, 0.2) is 11.6 Å². The second kappa shape index (κ2) is 8.78. The number of aromatic nitrogens is 6. The number of nitrogens with zero attached hydrogens (tertiary/aromatic N) is 9. The van der Waals surface area contributed by atoms with Crippen LogP contribution in [-0.2, 0) is 21.3 Å². The lowest BCUT2D eigenvalue weighted by Gasteiger charge is -2.32. The molecule has 0 bridgehead atoms. The first-order chi connectivity index (χ1) is 15.9. The summed E-state index contributed by atoms with van der Waals surface area (Å²) >= 11 is 0. The van der Waals surface area contributed by atoms with Crippen LogP contribution in [0.1, 0.15) is 5.82 Å². The summed E-state index contributed by atoms with van der Waals surface area (Å²) in [7, 11) is -3.17. The minimum atomic E-state index is -3.17. The first kappa shape index (κ1) is 21.9. The highest BCUT2D eigenvalue weighted by molar-refractivity contribution is 7.88. The van der Waals surface area contributed by atoms with Crippen LogP contribution >= 0.6 is 0 Å². The summed E-state index contributed by atoms with van der Waals surface area (Å²) in [4.78, 5) is 17.4. The minimum Gasteiger partial charge on any atom is -0.378 e. The van der Waals surface area contributed by atoms with Crippen molar-refractivity contribution in [3.8, 4) is 11.3 Å². The normalized spacial score (nSPS) is 18.8. The molecule has 0 atom stereocenters. The Hall–Kier alpha value is -2.94. The molecule has 2 aliphatic rings. The lowest BCUT2D eigenvalue weighted by atomic mass is 10.2. The minimum absolute atomic E-state index is 0.200. The summed E-state index contributed by atoms with van der Waals surface area (Å²) in [6.45, 7) is 5.38. The molecule has 33 heavy (non-hydrogen) atoms. The predicted octanol–water partition coefficient (Wildman–Crippen LogP) is -0.923. The number of nitrogen functional groups attached to an aromatic ring is 1. The van der Waals surface area contributed by atoms with Crippen molar-refractivity contribution in [2.24, 2.45) is 0 Å². The second-order valence-corrected chi connectivity index (χ2v) is 10.1. The van der Waals surface area contributed by atoms with E-state index in [0.29, 0.717) is 70.4 Å². The van der Waals surface area contributed by atoms with Crippen LogP contribution in [0.4, 0.5) is 11.8 Å². The second-order valence-electron chi connectivity index (χ2n) is 8.13. The van der Waals surface area contributed by atoms with Crippen molar-refractivity contribution in [3.63, 3.8) is 0 Å². The van der Waals surface area contributed by atoms with Gasteiger partial charge >= 0.3 is 0 Å². The molecule has 0 unspecified atom stereocenters. The number of hydrogen-bond donors (Lipinski definition) is 1. The Labute approximate surface area is 191 Å². The van der Waals surface area contributed by atoms with Gasteiger partial charge in [-0.1, -0.05) is 0 Å². The summed E-state index contributed by atoms with van der Waals surface area (Å²) in [5, 5.41) is 8.90. The predicted molar refractivity (Wildman–Crippen MR) is 121 cm³/mol. The van der Waals surface area contributed by atoms with Gasteiger partial charge in [-0.3, -0.25) is 9.30 Å². The van der Waals surface area contributed by atoms with Gasteiger partial charge in [0, 0.05) is 63.4 Å². The molecule has 2 saturated heterocycles. The van der Waals surface area contributed by atoms with Crippen molar-refractivity contribution >= 4 is 27.4 Å². The molecule has 3 aromatic heterocycles. The Morgan fingerprint density at radius 3 is 2.39 bits per heavy atom. The largest absolute Gasteiger partial charge is 0.378 e. The van der Waals surface area contributed by atoms with Crippen LogP contribution in [0.15, 0.2) is 18.6 Å². The van der Waals surface area contributed by atoms with Gasteiger partial charge in [-0.25, -0.2) is 23.4 Å². The zero-order chi connectivity index (χ0) is 23.0. The Bertz CT molecular complexity index is 1230. The van der Waals surface area contributed by atoms with Crippen LogP contribution in [0.25, 0.3) is 16.9 Å². The number of rotatable bonds is 5. The molecule has 0 aromatic carbocycles. The molecule has 14 heteroatoms. The zero-order valence-corrected chi connectivity index (χ0v) is 19.1. The van der Waals surface area contributed by atoms with E-state index >= 15 is 0 Å². The van der Waals surface area contributed by atoms with Crippen LogP contribution < -0.4 is 10.6 Å². The fourth-order valence-corrected chi connectivity index (χ4v) is 4.88. The molecule has 0 aliphatic carbocycles. The highest BCUT2D eigenvalue weighted by Crippen LogP contribution is 2.26. The van der Waals surface area contributed by atoms with E-state index in [1.165, 1.54) is 10.6 Å². The van der Waals surface area contributed by atoms with E-state index in [1.807, 2.05) is 10.6 Å². The van der Waals surface area contributed by atoms with Crippen LogP contribution in [0.3, 0.4) is 0 Å². The number of hydrogen-bond acceptors (Lipinski definition) is 11. The van der Waals surface area contributed by atoms with E-state index in [-0.39, 0.29) is 5.95 Å². The maximum Gasteiger partial charge on any atom is 0.219 e. The number of ether oxygens (including phenoxy) is 1. The molecule has 2 aliphatic heterocycles. The average Bonchev–Trinajstić information content (AvgIpc) is 3.22. The molecule has 2 N–H and O–H groups in total. The molecule has 5 heterocycles. The molecule has 0 spiro atoms. The molecule has 13 nitrogen and oxygen atoms in total. The Morgan fingerprint density at radius 2 is 1.73 bits per heavy atom. The van der Waals surface area contributed by atoms with Crippen LogP contribution in [0.2, 0.25) is 0 Å². The molecule has 5 rings (SSSR count). The first-order valence-electron chi connectivity index (χ1n) is 10.7. The third-order valence-electron chi connectivity index (χ3n) is 5.89. The van der Waals surface area contributed by atoms with E-state index in [9.17, 15) is 8.42 Å². The summed E-state index contributed by atoms with van der Waals surface area (Å²) in [5.74, 6) is 1.69. The van der Waals surface area contributed by atoms with Crippen molar-refractivity contribution in [1.29, 1.82) is 0 Å². The molecular formula is C19H26N10O3S. The molecule has 2 fully saturated rings. The Morgan fingerprint density at radius 1 is 1.03 bits per heavy atom. The zero-order valence-electron chi connectivity index (χ0n) is 18.3. The summed E-state index contributed by atoms with van der Waals surface area (Å²) in [5.41, 5.74) is 7.75. The monoisotopic (exact) mass is 474 g/mol. The number of fused-ring (bicyclic) bond motifs is 1. The molecule has 176 valence electrons. The number of morpholine rings is 1. The van der Waals surface area contributed by atoms with Crippen LogP contribution in [0.5, 0.6) is 0 Å². The maximum absolute atomic E-state index is 11.8.